The Morgan fingerprint density at radius 2 is 2.24 bits per heavy atom. The van der Waals surface area contributed by atoms with Gasteiger partial charge >= 0.3 is 0 Å². The molecule has 0 fully saturated rings. The third-order valence-corrected chi connectivity index (χ3v) is 3.12. The minimum Gasteiger partial charge on any atom is -0.496 e. The summed E-state index contributed by atoms with van der Waals surface area (Å²) in [6, 6.07) is 6.08. The van der Waals surface area contributed by atoms with Gasteiger partial charge in [0.25, 0.3) is 0 Å². The second kappa shape index (κ2) is 4.79. The molecule has 2 N–H and O–H groups in total. The minimum atomic E-state index is 0.497. The zero-order chi connectivity index (χ0) is 12.4. The summed E-state index contributed by atoms with van der Waals surface area (Å²) < 4.78 is 7.92. The number of halogens is 1. The number of anilines is 1. The van der Waals surface area contributed by atoms with E-state index in [1.807, 2.05) is 18.3 Å². The molecule has 0 spiro atoms. The first-order chi connectivity index (χ1) is 8.10. The Morgan fingerprint density at radius 3 is 2.82 bits per heavy atom. The van der Waals surface area contributed by atoms with E-state index >= 15 is 0 Å². The van der Waals surface area contributed by atoms with E-state index in [1.165, 1.54) is 5.56 Å². The van der Waals surface area contributed by atoms with Gasteiger partial charge in [0, 0.05) is 11.8 Å². The third kappa shape index (κ3) is 2.61. The molecule has 1 heterocycles. The van der Waals surface area contributed by atoms with Crippen molar-refractivity contribution in [1.82, 2.24) is 9.78 Å². The first kappa shape index (κ1) is 12.0. The van der Waals surface area contributed by atoms with Crippen LogP contribution < -0.4 is 10.5 Å². The molecule has 0 aliphatic heterocycles. The number of hydrogen-bond donors (Lipinski definition) is 1. The van der Waals surface area contributed by atoms with Gasteiger partial charge in [0.1, 0.15) is 5.75 Å². The Balaban J connectivity index is 2.31. The maximum atomic E-state index is 5.68. The zero-order valence-electron chi connectivity index (χ0n) is 9.77. The summed E-state index contributed by atoms with van der Waals surface area (Å²) in [5.74, 6) is 1.36. The summed E-state index contributed by atoms with van der Waals surface area (Å²) in [5.41, 5.74) is 7.96. The molecule has 0 saturated heterocycles. The molecular weight excluding hydrogens is 282 g/mol. The Hall–Kier alpha value is -1.49. The minimum absolute atomic E-state index is 0.497. The smallest absolute Gasteiger partial charge is 0.159 e. The lowest BCUT2D eigenvalue weighted by atomic mass is 10.1. The van der Waals surface area contributed by atoms with Crippen LogP contribution in [-0.2, 0) is 6.54 Å². The van der Waals surface area contributed by atoms with E-state index in [9.17, 15) is 0 Å². The molecule has 0 bridgehead atoms. The number of nitrogens with zero attached hydrogens (tertiary/aromatic N) is 2. The van der Waals surface area contributed by atoms with E-state index in [0.717, 1.165) is 15.8 Å². The van der Waals surface area contributed by atoms with Crippen LogP contribution in [0.25, 0.3) is 0 Å². The van der Waals surface area contributed by atoms with E-state index in [2.05, 4.69) is 34.0 Å². The molecule has 0 aliphatic carbocycles. The van der Waals surface area contributed by atoms with E-state index < -0.39 is 0 Å². The average molecular weight is 296 g/mol. The largest absolute Gasteiger partial charge is 0.496 e. The van der Waals surface area contributed by atoms with Crippen LogP contribution in [0.2, 0.25) is 0 Å². The first-order valence-corrected chi connectivity index (χ1v) is 6.01. The summed E-state index contributed by atoms with van der Waals surface area (Å²) in [5, 5.41) is 4.20. The lowest BCUT2D eigenvalue weighted by Crippen LogP contribution is -2.03. The normalized spacial score (nSPS) is 10.5. The second-order valence-electron chi connectivity index (χ2n) is 3.88. The van der Waals surface area contributed by atoms with Crippen molar-refractivity contribution in [3.63, 3.8) is 0 Å². The number of rotatable bonds is 3. The number of methoxy groups -OCH3 is 1. The molecule has 2 rings (SSSR count). The molecule has 0 aliphatic rings. The SMILES string of the molecule is COc1ccc(C)cc1Cn1cc(Br)c(N)n1. The topological polar surface area (TPSA) is 53.1 Å². The van der Waals surface area contributed by atoms with Crippen LogP contribution in [0.5, 0.6) is 5.75 Å². The molecule has 2 aromatic rings. The molecular formula is C12H14BrN3O. The maximum Gasteiger partial charge on any atom is 0.159 e. The second-order valence-corrected chi connectivity index (χ2v) is 4.73. The Labute approximate surface area is 109 Å². The molecule has 0 amide bonds. The Kier molecular flexibility index (Phi) is 3.38. The molecule has 1 aromatic heterocycles. The Morgan fingerprint density at radius 1 is 1.47 bits per heavy atom. The number of aryl methyl sites for hydroxylation is 1. The van der Waals surface area contributed by atoms with Crippen molar-refractivity contribution in [2.45, 2.75) is 13.5 Å². The molecule has 4 nitrogen and oxygen atoms in total. The van der Waals surface area contributed by atoms with Crippen LogP contribution in [0.15, 0.2) is 28.9 Å². The van der Waals surface area contributed by atoms with Gasteiger partial charge in [-0.1, -0.05) is 17.7 Å². The van der Waals surface area contributed by atoms with E-state index in [1.54, 1.807) is 11.8 Å². The molecule has 1 aromatic carbocycles. The fourth-order valence-corrected chi connectivity index (χ4v) is 2.01. The number of aromatic nitrogens is 2. The van der Waals surface area contributed by atoms with Crippen LogP contribution in [0.1, 0.15) is 11.1 Å². The van der Waals surface area contributed by atoms with Gasteiger partial charge in [-0.25, -0.2) is 0 Å². The van der Waals surface area contributed by atoms with E-state index in [-0.39, 0.29) is 0 Å². The molecule has 0 atom stereocenters. The van der Waals surface area contributed by atoms with Crippen molar-refractivity contribution >= 4 is 21.7 Å². The standard InChI is InChI=1S/C12H14BrN3O/c1-8-3-4-11(17-2)9(5-8)6-16-7-10(13)12(14)15-16/h3-5,7H,6H2,1-2H3,(H2,14,15). The fourth-order valence-electron chi connectivity index (χ4n) is 1.70. The predicted molar refractivity (Wildman–Crippen MR) is 71.2 cm³/mol. The van der Waals surface area contributed by atoms with E-state index in [0.29, 0.717) is 12.4 Å². The van der Waals surface area contributed by atoms with Crippen molar-refractivity contribution in [2.75, 3.05) is 12.8 Å². The van der Waals surface area contributed by atoms with Gasteiger partial charge in [-0.15, -0.1) is 0 Å². The predicted octanol–water partition coefficient (Wildman–Crippen LogP) is 2.59. The number of nitrogen functional groups attached to an aromatic ring is 1. The van der Waals surface area contributed by atoms with Crippen molar-refractivity contribution in [3.8, 4) is 5.75 Å². The van der Waals surface area contributed by atoms with Gasteiger partial charge in [-0.3, -0.25) is 4.68 Å². The molecule has 0 radical (unpaired) electrons. The van der Waals surface area contributed by atoms with Crippen molar-refractivity contribution < 1.29 is 4.74 Å². The van der Waals surface area contributed by atoms with Crippen molar-refractivity contribution in [2.24, 2.45) is 0 Å². The van der Waals surface area contributed by atoms with Gasteiger partial charge < -0.3 is 10.5 Å². The van der Waals surface area contributed by atoms with Crippen molar-refractivity contribution in [1.29, 1.82) is 0 Å². The van der Waals surface area contributed by atoms with Crippen LogP contribution in [-0.4, -0.2) is 16.9 Å². The lowest BCUT2D eigenvalue weighted by molar-refractivity contribution is 0.407. The average Bonchev–Trinajstić information content (AvgIpc) is 2.58. The number of hydrogen-bond acceptors (Lipinski definition) is 3. The quantitative estimate of drug-likeness (QED) is 0.947. The molecule has 0 saturated carbocycles. The van der Waals surface area contributed by atoms with Gasteiger partial charge in [0.15, 0.2) is 5.82 Å². The summed E-state index contributed by atoms with van der Waals surface area (Å²) in [6.07, 6.45) is 1.86. The van der Waals surface area contributed by atoms with Crippen LogP contribution >= 0.6 is 15.9 Å². The zero-order valence-corrected chi connectivity index (χ0v) is 11.4. The molecule has 0 unspecified atom stereocenters. The number of ether oxygens (including phenoxy) is 1. The van der Waals surface area contributed by atoms with Crippen LogP contribution in [0, 0.1) is 6.92 Å². The molecule has 5 heteroatoms. The Bertz CT molecular complexity index is 517. The highest BCUT2D eigenvalue weighted by molar-refractivity contribution is 9.10. The van der Waals surface area contributed by atoms with E-state index in [4.69, 9.17) is 10.5 Å². The molecule has 17 heavy (non-hydrogen) atoms. The maximum absolute atomic E-state index is 5.68. The van der Waals surface area contributed by atoms with Crippen molar-refractivity contribution in [3.05, 3.63) is 40.0 Å². The highest BCUT2D eigenvalue weighted by atomic mass is 79.9. The van der Waals surface area contributed by atoms with Crippen LogP contribution in [0.3, 0.4) is 0 Å². The summed E-state index contributed by atoms with van der Waals surface area (Å²) in [4.78, 5) is 0. The van der Waals surface area contributed by atoms with Gasteiger partial charge in [0.05, 0.1) is 18.1 Å². The monoisotopic (exact) mass is 295 g/mol. The van der Waals surface area contributed by atoms with Gasteiger partial charge in [0.2, 0.25) is 0 Å². The highest BCUT2D eigenvalue weighted by Crippen LogP contribution is 2.22. The van der Waals surface area contributed by atoms with Gasteiger partial charge in [-0.2, -0.15) is 5.10 Å². The fraction of sp³-hybridized carbons (Fsp3) is 0.250. The van der Waals surface area contributed by atoms with Gasteiger partial charge in [-0.05, 0) is 28.9 Å². The van der Waals surface area contributed by atoms with Crippen LogP contribution in [0.4, 0.5) is 5.82 Å². The highest BCUT2D eigenvalue weighted by Gasteiger charge is 2.07. The number of benzene rings is 1. The summed E-state index contributed by atoms with van der Waals surface area (Å²) in [6.45, 7) is 2.69. The molecule has 90 valence electrons. The summed E-state index contributed by atoms with van der Waals surface area (Å²) in [7, 11) is 1.67. The number of nitrogens with two attached hydrogens (primary N) is 1. The lowest BCUT2D eigenvalue weighted by Gasteiger charge is -2.09. The third-order valence-electron chi connectivity index (χ3n) is 2.51. The summed E-state index contributed by atoms with van der Waals surface area (Å²) >= 11 is 3.34. The first-order valence-electron chi connectivity index (χ1n) is 5.22.